The summed E-state index contributed by atoms with van der Waals surface area (Å²) in [4.78, 5) is 4.04. The van der Waals surface area contributed by atoms with E-state index in [0.717, 1.165) is 18.7 Å². The Labute approximate surface area is 137 Å². The topological polar surface area (TPSA) is 48.2 Å². The van der Waals surface area contributed by atoms with Crippen molar-refractivity contribution >= 4 is 5.84 Å². The van der Waals surface area contributed by atoms with E-state index in [2.05, 4.69) is 53.6 Å². The number of nitrogens with one attached hydrogen (secondary N) is 1. The second kappa shape index (κ2) is 7.11. The van der Waals surface area contributed by atoms with Gasteiger partial charge in [0.05, 0.1) is 6.04 Å². The lowest BCUT2D eigenvalue weighted by molar-refractivity contribution is 0.525. The van der Waals surface area contributed by atoms with Crippen LogP contribution in [0.5, 0.6) is 0 Å². The van der Waals surface area contributed by atoms with Gasteiger partial charge in [0.25, 0.3) is 0 Å². The van der Waals surface area contributed by atoms with Gasteiger partial charge in [0, 0.05) is 6.42 Å². The second-order valence-electron chi connectivity index (χ2n) is 6.05. The van der Waals surface area contributed by atoms with Gasteiger partial charge in [-0.2, -0.15) is 10.3 Å². The first-order valence-corrected chi connectivity index (χ1v) is 8.12. The van der Waals surface area contributed by atoms with Gasteiger partial charge in [-0.15, -0.1) is 0 Å². The standard InChI is InChI=1S/C20H21N3/c1-15-7-2-3-9-17(15)13-20(22-14-21)23-19-12-6-10-16-8-4-5-11-18(16)19/h2-5,7-9,11,19H,6,10,12-13H2,1H3,(H,22,23)/t19-/m1/s1. The minimum Gasteiger partial charge on any atom is -0.366 e. The monoisotopic (exact) mass is 303 g/mol. The van der Waals surface area contributed by atoms with Crippen LogP contribution in [0.3, 0.4) is 0 Å². The van der Waals surface area contributed by atoms with Gasteiger partial charge in [-0.3, -0.25) is 0 Å². The lowest BCUT2D eigenvalue weighted by atomic mass is 9.87. The summed E-state index contributed by atoms with van der Waals surface area (Å²) in [6.45, 7) is 2.09. The number of benzene rings is 2. The number of amidine groups is 1. The highest BCUT2D eigenvalue weighted by Crippen LogP contribution is 2.29. The predicted molar refractivity (Wildman–Crippen MR) is 93.2 cm³/mol. The Morgan fingerprint density at radius 1 is 1.22 bits per heavy atom. The molecule has 23 heavy (non-hydrogen) atoms. The molecule has 0 unspecified atom stereocenters. The fourth-order valence-electron chi connectivity index (χ4n) is 3.28. The Morgan fingerprint density at radius 2 is 2.00 bits per heavy atom. The summed E-state index contributed by atoms with van der Waals surface area (Å²) >= 11 is 0. The number of aliphatic imine (C=N–C) groups is 1. The first-order chi connectivity index (χ1) is 11.3. The van der Waals surface area contributed by atoms with E-state index in [-0.39, 0.29) is 6.04 Å². The molecule has 3 rings (SSSR count). The third-order valence-corrected chi connectivity index (χ3v) is 4.51. The van der Waals surface area contributed by atoms with Gasteiger partial charge < -0.3 is 5.32 Å². The van der Waals surface area contributed by atoms with Crippen LogP contribution in [0.25, 0.3) is 0 Å². The Balaban J connectivity index is 1.81. The van der Waals surface area contributed by atoms with Gasteiger partial charge in [-0.1, -0.05) is 48.5 Å². The van der Waals surface area contributed by atoms with Gasteiger partial charge in [-0.05, 0) is 48.4 Å². The van der Waals surface area contributed by atoms with Crippen molar-refractivity contribution in [3.05, 3.63) is 70.8 Å². The number of nitriles is 1. The van der Waals surface area contributed by atoms with Crippen LogP contribution >= 0.6 is 0 Å². The van der Waals surface area contributed by atoms with Crippen LogP contribution < -0.4 is 5.32 Å². The molecular weight excluding hydrogens is 282 g/mol. The average Bonchev–Trinajstić information content (AvgIpc) is 2.57. The SMILES string of the molecule is Cc1ccccc1C/C(=N\C#N)N[C@@H]1CCCc2ccccc21. The third-order valence-electron chi connectivity index (χ3n) is 4.51. The van der Waals surface area contributed by atoms with Crippen LogP contribution in [0.1, 0.15) is 41.1 Å². The zero-order valence-corrected chi connectivity index (χ0v) is 13.4. The molecule has 3 heteroatoms. The zero-order chi connectivity index (χ0) is 16.1. The van der Waals surface area contributed by atoms with Crippen molar-refractivity contribution in [1.29, 1.82) is 5.26 Å². The summed E-state index contributed by atoms with van der Waals surface area (Å²) < 4.78 is 0. The Morgan fingerprint density at radius 3 is 2.83 bits per heavy atom. The number of rotatable bonds is 3. The molecule has 0 aliphatic heterocycles. The molecule has 1 aliphatic carbocycles. The molecule has 1 aliphatic rings. The summed E-state index contributed by atoms with van der Waals surface area (Å²) in [5.41, 5.74) is 5.18. The molecule has 0 radical (unpaired) electrons. The molecule has 0 heterocycles. The molecule has 0 bridgehead atoms. The summed E-state index contributed by atoms with van der Waals surface area (Å²) in [5, 5.41) is 12.5. The molecular formula is C20H21N3. The van der Waals surface area contributed by atoms with Crippen molar-refractivity contribution in [3.63, 3.8) is 0 Å². The molecule has 0 saturated carbocycles. The summed E-state index contributed by atoms with van der Waals surface area (Å²) in [7, 11) is 0. The van der Waals surface area contributed by atoms with Gasteiger partial charge in [0.15, 0.2) is 0 Å². The van der Waals surface area contributed by atoms with E-state index in [1.165, 1.54) is 28.7 Å². The fraction of sp³-hybridized carbons (Fsp3) is 0.300. The van der Waals surface area contributed by atoms with Crippen LogP contribution in [0.2, 0.25) is 0 Å². The first-order valence-electron chi connectivity index (χ1n) is 8.12. The van der Waals surface area contributed by atoms with Crippen molar-refractivity contribution in [2.75, 3.05) is 0 Å². The molecule has 116 valence electrons. The Bertz CT molecular complexity index is 755. The number of fused-ring (bicyclic) bond motifs is 1. The summed E-state index contributed by atoms with van der Waals surface area (Å²) in [6.07, 6.45) is 5.99. The minimum atomic E-state index is 0.246. The molecule has 0 fully saturated rings. The number of aryl methyl sites for hydroxylation is 2. The smallest absolute Gasteiger partial charge is 0.207 e. The molecule has 0 amide bonds. The van der Waals surface area contributed by atoms with Crippen molar-refractivity contribution in [2.45, 2.75) is 38.6 Å². The van der Waals surface area contributed by atoms with Gasteiger partial charge in [0.2, 0.25) is 6.19 Å². The van der Waals surface area contributed by atoms with E-state index in [1.807, 2.05) is 18.3 Å². The van der Waals surface area contributed by atoms with Crippen molar-refractivity contribution in [3.8, 4) is 6.19 Å². The molecule has 0 spiro atoms. The molecule has 2 aromatic rings. The van der Waals surface area contributed by atoms with Gasteiger partial charge in [-0.25, -0.2) is 0 Å². The average molecular weight is 303 g/mol. The Hall–Kier alpha value is -2.60. The normalized spacial score (nSPS) is 17.2. The van der Waals surface area contributed by atoms with E-state index in [0.29, 0.717) is 6.42 Å². The quantitative estimate of drug-likeness (QED) is 0.527. The van der Waals surface area contributed by atoms with Gasteiger partial charge >= 0.3 is 0 Å². The number of nitrogens with zero attached hydrogens (tertiary/aromatic N) is 2. The highest BCUT2D eigenvalue weighted by molar-refractivity contribution is 5.86. The van der Waals surface area contributed by atoms with Crippen LogP contribution in [0.4, 0.5) is 0 Å². The van der Waals surface area contributed by atoms with Crippen molar-refractivity contribution in [2.24, 2.45) is 4.99 Å². The molecule has 3 nitrogen and oxygen atoms in total. The molecule has 2 aromatic carbocycles. The van der Waals surface area contributed by atoms with Crippen molar-refractivity contribution < 1.29 is 0 Å². The minimum absolute atomic E-state index is 0.246. The largest absolute Gasteiger partial charge is 0.366 e. The maximum absolute atomic E-state index is 9.03. The predicted octanol–water partition coefficient (Wildman–Crippen LogP) is 4.08. The maximum atomic E-state index is 9.03. The van der Waals surface area contributed by atoms with E-state index < -0.39 is 0 Å². The van der Waals surface area contributed by atoms with Crippen LogP contribution in [-0.4, -0.2) is 5.84 Å². The third kappa shape index (κ3) is 3.60. The summed E-state index contributed by atoms with van der Waals surface area (Å²) in [6, 6.07) is 17.1. The van der Waals surface area contributed by atoms with Crippen LogP contribution in [0.15, 0.2) is 53.5 Å². The molecule has 1 atom stereocenters. The van der Waals surface area contributed by atoms with E-state index in [4.69, 9.17) is 5.26 Å². The maximum Gasteiger partial charge on any atom is 0.207 e. The van der Waals surface area contributed by atoms with Crippen molar-refractivity contribution in [1.82, 2.24) is 5.32 Å². The second-order valence-corrected chi connectivity index (χ2v) is 6.05. The molecule has 1 N–H and O–H groups in total. The van der Waals surface area contributed by atoms with E-state index in [9.17, 15) is 0 Å². The summed E-state index contributed by atoms with van der Waals surface area (Å²) in [5.74, 6) is 0.753. The fourth-order valence-corrected chi connectivity index (χ4v) is 3.28. The van der Waals surface area contributed by atoms with E-state index in [1.54, 1.807) is 0 Å². The highest BCUT2D eigenvalue weighted by Gasteiger charge is 2.20. The molecule has 0 aromatic heterocycles. The Kier molecular flexibility index (Phi) is 4.73. The lowest BCUT2D eigenvalue weighted by Crippen LogP contribution is -2.32. The van der Waals surface area contributed by atoms with Crippen LogP contribution in [0, 0.1) is 18.4 Å². The molecule has 0 saturated heterocycles. The van der Waals surface area contributed by atoms with Gasteiger partial charge in [0.1, 0.15) is 5.84 Å². The zero-order valence-electron chi connectivity index (χ0n) is 13.4. The number of hydrogen-bond donors (Lipinski definition) is 1. The number of hydrogen-bond acceptors (Lipinski definition) is 2. The first kappa shape index (κ1) is 15.3. The lowest BCUT2D eigenvalue weighted by Gasteiger charge is -2.27. The highest BCUT2D eigenvalue weighted by atomic mass is 15.0. The van der Waals surface area contributed by atoms with Crippen LogP contribution in [-0.2, 0) is 12.8 Å². The van der Waals surface area contributed by atoms with E-state index >= 15 is 0 Å².